The number of carbonyl (C=O) groups is 1. The van der Waals surface area contributed by atoms with Crippen LogP contribution in [-0.2, 0) is 4.79 Å². The van der Waals surface area contributed by atoms with Crippen LogP contribution in [0.3, 0.4) is 0 Å². The van der Waals surface area contributed by atoms with E-state index in [1.165, 1.54) is 0 Å². The average molecular weight is 156 g/mol. The highest BCUT2D eigenvalue weighted by Gasteiger charge is 2.12. The highest BCUT2D eigenvalue weighted by Crippen LogP contribution is 2.04. The standard InChI is InChI=1S/C8H12O3/c1-3-4-6(2)5-7(9)8(10)11/h3-4,7,9H,2,5H2,1H3,(H,10,11)/b4-3-/t7-/m0/s1. The topological polar surface area (TPSA) is 57.5 Å². The van der Waals surface area contributed by atoms with Crippen molar-refractivity contribution >= 4 is 5.97 Å². The SMILES string of the molecule is C=C(/C=C\C)C[C@H](O)C(=O)O. The van der Waals surface area contributed by atoms with Crippen LogP contribution in [0.25, 0.3) is 0 Å². The Labute approximate surface area is 65.7 Å². The van der Waals surface area contributed by atoms with Crippen LogP contribution in [0.2, 0.25) is 0 Å². The van der Waals surface area contributed by atoms with Crippen molar-refractivity contribution in [2.24, 2.45) is 0 Å². The van der Waals surface area contributed by atoms with Gasteiger partial charge in [-0.3, -0.25) is 0 Å². The molecule has 0 aromatic rings. The lowest BCUT2D eigenvalue weighted by molar-refractivity contribution is -0.146. The maximum atomic E-state index is 10.1. The number of carboxylic acids is 1. The van der Waals surface area contributed by atoms with Crippen LogP contribution in [0.15, 0.2) is 24.3 Å². The highest BCUT2D eigenvalue weighted by atomic mass is 16.4. The van der Waals surface area contributed by atoms with Gasteiger partial charge in [0.1, 0.15) is 0 Å². The van der Waals surface area contributed by atoms with Gasteiger partial charge >= 0.3 is 5.97 Å². The molecular weight excluding hydrogens is 144 g/mol. The van der Waals surface area contributed by atoms with Crippen LogP contribution >= 0.6 is 0 Å². The maximum Gasteiger partial charge on any atom is 0.332 e. The highest BCUT2D eigenvalue weighted by molar-refractivity contribution is 5.72. The molecule has 0 heterocycles. The molecule has 0 bridgehead atoms. The zero-order valence-electron chi connectivity index (χ0n) is 6.45. The third kappa shape index (κ3) is 4.33. The number of aliphatic hydroxyl groups excluding tert-OH is 1. The van der Waals surface area contributed by atoms with Crippen molar-refractivity contribution in [3.05, 3.63) is 24.3 Å². The van der Waals surface area contributed by atoms with Crippen molar-refractivity contribution in [1.29, 1.82) is 0 Å². The van der Waals surface area contributed by atoms with Crippen molar-refractivity contribution < 1.29 is 15.0 Å². The van der Waals surface area contributed by atoms with Crippen molar-refractivity contribution in [3.63, 3.8) is 0 Å². The molecule has 0 aliphatic heterocycles. The van der Waals surface area contributed by atoms with Crippen LogP contribution in [0.1, 0.15) is 13.3 Å². The number of hydrogen-bond donors (Lipinski definition) is 2. The molecule has 3 heteroatoms. The third-order valence-electron chi connectivity index (χ3n) is 1.14. The summed E-state index contributed by atoms with van der Waals surface area (Å²) in [6.07, 6.45) is 2.17. The molecule has 0 fully saturated rings. The van der Waals surface area contributed by atoms with E-state index in [2.05, 4.69) is 6.58 Å². The van der Waals surface area contributed by atoms with Crippen LogP contribution in [0.5, 0.6) is 0 Å². The van der Waals surface area contributed by atoms with Crippen LogP contribution in [0.4, 0.5) is 0 Å². The second-order valence-electron chi connectivity index (χ2n) is 2.22. The molecule has 0 unspecified atom stereocenters. The lowest BCUT2D eigenvalue weighted by atomic mass is 10.1. The minimum Gasteiger partial charge on any atom is -0.479 e. The predicted octanol–water partition coefficient (Wildman–Crippen LogP) is 0.954. The second kappa shape index (κ2) is 4.68. The molecule has 0 aliphatic rings. The molecule has 0 saturated heterocycles. The molecule has 2 N–H and O–H groups in total. The number of hydrogen-bond acceptors (Lipinski definition) is 2. The van der Waals surface area contributed by atoms with Crippen molar-refractivity contribution in [3.8, 4) is 0 Å². The van der Waals surface area contributed by atoms with Gasteiger partial charge in [-0.1, -0.05) is 24.3 Å². The fraction of sp³-hybridized carbons (Fsp3) is 0.375. The number of allylic oxidation sites excluding steroid dienone is 2. The minimum absolute atomic E-state index is 0.0830. The van der Waals surface area contributed by atoms with Crippen LogP contribution in [0, 0.1) is 0 Å². The Balaban J connectivity index is 3.85. The van der Waals surface area contributed by atoms with Gasteiger partial charge in [0.2, 0.25) is 0 Å². The van der Waals surface area contributed by atoms with Crippen molar-refractivity contribution in [2.45, 2.75) is 19.4 Å². The van der Waals surface area contributed by atoms with E-state index in [1.54, 1.807) is 19.1 Å². The van der Waals surface area contributed by atoms with Crippen LogP contribution in [-0.4, -0.2) is 22.3 Å². The molecular formula is C8H12O3. The molecule has 0 aliphatic carbocycles. The summed E-state index contributed by atoms with van der Waals surface area (Å²) >= 11 is 0. The predicted molar refractivity (Wildman–Crippen MR) is 42.2 cm³/mol. The lowest BCUT2D eigenvalue weighted by Crippen LogP contribution is -2.19. The molecule has 0 saturated carbocycles. The first kappa shape index (κ1) is 9.91. The number of carboxylic acid groups (broad SMARTS) is 1. The molecule has 3 nitrogen and oxygen atoms in total. The molecule has 0 radical (unpaired) electrons. The van der Waals surface area contributed by atoms with E-state index in [-0.39, 0.29) is 6.42 Å². The summed E-state index contributed by atoms with van der Waals surface area (Å²) < 4.78 is 0. The Morgan fingerprint density at radius 2 is 2.27 bits per heavy atom. The van der Waals surface area contributed by atoms with Crippen molar-refractivity contribution in [1.82, 2.24) is 0 Å². The molecule has 0 rings (SSSR count). The molecule has 11 heavy (non-hydrogen) atoms. The van der Waals surface area contributed by atoms with Crippen molar-refractivity contribution in [2.75, 3.05) is 0 Å². The fourth-order valence-corrected chi connectivity index (χ4v) is 0.639. The summed E-state index contributed by atoms with van der Waals surface area (Å²) in [4.78, 5) is 10.1. The van der Waals surface area contributed by atoms with Gasteiger partial charge < -0.3 is 10.2 Å². The van der Waals surface area contributed by atoms with E-state index in [0.717, 1.165) is 0 Å². The Bertz CT molecular complexity index is 182. The van der Waals surface area contributed by atoms with E-state index >= 15 is 0 Å². The summed E-state index contributed by atoms with van der Waals surface area (Å²) in [5.41, 5.74) is 0.613. The van der Waals surface area contributed by atoms with E-state index in [0.29, 0.717) is 5.57 Å². The van der Waals surface area contributed by atoms with Gasteiger partial charge in [-0.25, -0.2) is 4.79 Å². The zero-order chi connectivity index (χ0) is 8.85. The smallest absolute Gasteiger partial charge is 0.332 e. The normalized spacial score (nSPS) is 13.3. The monoisotopic (exact) mass is 156 g/mol. The van der Waals surface area contributed by atoms with Gasteiger partial charge in [0.05, 0.1) is 0 Å². The van der Waals surface area contributed by atoms with Gasteiger partial charge in [-0.15, -0.1) is 0 Å². The average Bonchev–Trinajstić information content (AvgIpc) is 1.87. The molecule has 1 atom stereocenters. The molecule has 0 aromatic heterocycles. The molecule has 62 valence electrons. The minimum atomic E-state index is -1.33. The Hall–Kier alpha value is -1.09. The third-order valence-corrected chi connectivity index (χ3v) is 1.14. The largest absolute Gasteiger partial charge is 0.479 e. The van der Waals surface area contributed by atoms with E-state index in [4.69, 9.17) is 10.2 Å². The first-order valence-electron chi connectivity index (χ1n) is 3.29. The summed E-state index contributed by atoms with van der Waals surface area (Å²) in [5.74, 6) is -1.21. The Morgan fingerprint density at radius 3 is 2.64 bits per heavy atom. The second-order valence-corrected chi connectivity index (χ2v) is 2.22. The Morgan fingerprint density at radius 1 is 1.73 bits per heavy atom. The van der Waals surface area contributed by atoms with Gasteiger partial charge in [0, 0.05) is 6.42 Å². The van der Waals surface area contributed by atoms with Gasteiger partial charge in [0.15, 0.2) is 6.10 Å². The van der Waals surface area contributed by atoms with E-state index in [9.17, 15) is 4.79 Å². The summed E-state index contributed by atoms with van der Waals surface area (Å²) in [6, 6.07) is 0. The van der Waals surface area contributed by atoms with E-state index in [1.807, 2.05) is 0 Å². The maximum absolute atomic E-state index is 10.1. The molecule has 0 amide bonds. The fourth-order valence-electron chi connectivity index (χ4n) is 0.639. The number of rotatable bonds is 4. The van der Waals surface area contributed by atoms with Gasteiger partial charge in [0.25, 0.3) is 0 Å². The first-order valence-corrected chi connectivity index (χ1v) is 3.29. The molecule has 0 aromatic carbocycles. The van der Waals surface area contributed by atoms with Gasteiger partial charge in [-0.2, -0.15) is 0 Å². The first-order chi connectivity index (χ1) is 5.07. The quantitative estimate of drug-likeness (QED) is 0.596. The van der Waals surface area contributed by atoms with Gasteiger partial charge in [-0.05, 0) is 6.92 Å². The Kier molecular flexibility index (Phi) is 4.22. The lowest BCUT2D eigenvalue weighted by Gasteiger charge is -2.03. The molecule has 0 spiro atoms. The number of aliphatic carboxylic acids is 1. The zero-order valence-corrected chi connectivity index (χ0v) is 6.45. The van der Waals surface area contributed by atoms with E-state index < -0.39 is 12.1 Å². The number of aliphatic hydroxyl groups is 1. The summed E-state index contributed by atoms with van der Waals surface area (Å²) in [5, 5.41) is 17.1. The van der Waals surface area contributed by atoms with Crippen LogP contribution < -0.4 is 0 Å². The summed E-state index contributed by atoms with van der Waals surface area (Å²) in [6.45, 7) is 5.36. The summed E-state index contributed by atoms with van der Waals surface area (Å²) in [7, 11) is 0.